The van der Waals surface area contributed by atoms with Crippen molar-refractivity contribution in [2.75, 3.05) is 0 Å². The molecule has 0 aromatic heterocycles. The van der Waals surface area contributed by atoms with Crippen LogP contribution in [0.15, 0.2) is 0 Å². The average Bonchev–Trinajstić information content (AvgIpc) is 1.82. The molecule has 13 heavy (non-hydrogen) atoms. The molecule has 0 aliphatic carbocycles. The van der Waals surface area contributed by atoms with Gasteiger partial charge in [-0.3, -0.25) is 0 Å². The highest BCUT2D eigenvalue weighted by Crippen LogP contribution is 2.18. The van der Waals surface area contributed by atoms with Crippen LogP contribution < -0.4 is 0 Å². The van der Waals surface area contributed by atoms with E-state index in [9.17, 15) is 15.0 Å². The van der Waals surface area contributed by atoms with E-state index in [1.54, 1.807) is 13.8 Å². The fraction of sp³-hybridized carbons (Fsp3) is 0.889. The van der Waals surface area contributed by atoms with Crippen LogP contribution in [-0.4, -0.2) is 32.5 Å². The smallest absolute Gasteiger partial charge is 0.335 e. The molecule has 0 rings (SSSR count). The van der Waals surface area contributed by atoms with Crippen molar-refractivity contribution in [3.63, 3.8) is 0 Å². The van der Waals surface area contributed by atoms with Crippen LogP contribution in [0.4, 0.5) is 0 Å². The predicted octanol–water partition coefficient (Wildman–Crippen LogP) is 0.763. The summed E-state index contributed by atoms with van der Waals surface area (Å²) in [6.07, 6.45) is 1.13. The first-order chi connectivity index (χ1) is 5.65. The minimum absolute atomic E-state index is 0.159. The normalized spacial score (nSPS) is 16.7. The van der Waals surface area contributed by atoms with Gasteiger partial charge in [-0.2, -0.15) is 0 Å². The van der Waals surface area contributed by atoms with Gasteiger partial charge in [0.2, 0.25) is 0 Å². The van der Waals surface area contributed by atoms with Crippen molar-refractivity contribution in [2.24, 2.45) is 0 Å². The number of carboxylic acids is 1. The highest BCUT2D eigenvalue weighted by Gasteiger charge is 2.29. The first-order valence-electron chi connectivity index (χ1n) is 4.33. The van der Waals surface area contributed by atoms with E-state index in [1.807, 2.05) is 0 Å². The molecule has 0 saturated carbocycles. The van der Waals surface area contributed by atoms with Crippen LogP contribution in [0, 0.1) is 0 Å². The van der Waals surface area contributed by atoms with Gasteiger partial charge in [0.05, 0.1) is 5.60 Å². The van der Waals surface area contributed by atoms with Crippen molar-refractivity contribution in [3.05, 3.63) is 0 Å². The molecule has 0 aromatic rings. The van der Waals surface area contributed by atoms with E-state index in [2.05, 4.69) is 0 Å². The van der Waals surface area contributed by atoms with Crippen LogP contribution in [0.25, 0.3) is 0 Å². The molecule has 0 heterocycles. The number of aliphatic carboxylic acids is 1. The van der Waals surface area contributed by atoms with Crippen molar-refractivity contribution < 1.29 is 20.1 Å². The molecule has 0 radical (unpaired) electrons. The summed E-state index contributed by atoms with van der Waals surface area (Å²) >= 11 is 0. The minimum Gasteiger partial charge on any atom is -0.479 e. The Morgan fingerprint density at radius 1 is 1.15 bits per heavy atom. The monoisotopic (exact) mass is 190 g/mol. The Morgan fingerprint density at radius 2 is 1.62 bits per heavy atom. The second-order valence-corrected chi connectivity index (χ2v) is 4.24. The van der Waals surface area contributed by atoms with Crippen LogP contribution in [0.2, 0.25) is 0 Å². The molecule has 0 saturated heterocycles. The van der Waals surface area contributed by atoms with Gasteiger partial charge < -0.3 is 15.3 Å². The molecule has 0 bridgehead atoms. The maximum absolute atomic E-state index is 10.5. The van der Waals surface area contributed by atoms with Gasteiger partial charge in [-0.1, -0.05) is 0 Å². The first-order valence-corrected chi connectivity index (χ1v) is 4.33. The molecule has 3 N–H and O–H groups in total. The fourth-order valence-electron chi connectivity index (χ4n) is 0.972. The average molecular weight is 190 g/mol. The van der Waals surface area contributed by atoms with Gasteiger partial charge in [0.1, 0.15) is 0 Å². The summed E-state index contributed by atoms with van der Waals surface area (Å²) < 4.78 is 0. The number of carboxylic acid groups (broad SMARTS) is 1. The molecule has 0 aliphatic heterocycles. The SMILES string of the molecule is CC(C)(O)CCCC(C)(O)C(=O)O. The van der Waals surface area contributed by atoms with Crippen LogP contribution in [0.1, 0.15) is 40.0 Å². The van der Waals surface area contributed by atoms with Gasteiger partial charge in [-0.15, -0.1) is 0 Å². The largest absolute Gasteiger partial charge is 0.479 e. The number of carbonyl (C=O) groups is 1. The molecule has 0 aliphatic rings. The van der Waals surface area contributed by atoms with E-state index in [4.69, 9.17) is 5.11 Å². The Labute approximate surface area is 78.2 Å². The van der Waals surface area contributed by atoms with Crippen molar-refractivity contribution >= 4 is 5.97 Å². The maximum atomic E-state index is 10.5. The van der Waals surface area contributed by atoms with Gasteiger partial charge in [-0.05, 0) is 40.0 Å². The Bertz CT molecular complexity index is 179. The Balaban J connectivity index is 3.84. The zero-order chi connectivity index (χ0) is 10.7. The molecular formula is C9H18O4. The Kier molecular flexibility index (Phi) is 3.88. The second-order valence-electron chi connectivity index (χ2n) is 4.24. The molecule has 0 amide bonds. The van der Waals surface area contributed by atoms with Gasteiger partial charge in [0.25, 0.3) is 0 Å². The third kappa shape index (κ3) is 5.60. The van der Waals surface area contributed by atoms with Crippen molar-refractivity contribution in [1.29, 1.82) is 0 Å². The van der Waals surface area contributed by atoms with Gasteiger partial charge in [0, 0.05) is 0 Å². The lowest BCUT2D eigenvalue weighted by Gasteiger charge is -2.21. The van der Waals surface area contributed by atoms with E-state index in [0.717, 1.165) is 0 Å². The fourth-order valence-corrected chi connectivity index (χ4v) is 0.972. The van der Waals surface area contributed by atoms with E-state index < -0.39 is 17.2 Å². The third-order valence-corrected chi connectivity index (χ3v) is 1.91. The molecule has 4 nitrogen and oxygen atoms in total. The molecule has 78 valence electrons. The summed E-state index contributed by atoms with van der Waals surface area (Å²) in [6, 6.07) is 0. The standard InChI is InChI=1S/C9H18O4/c1-8(2,12)5-4-6-9(3,13)7(10)11/h12-13H,4-6H2,1-3H3,(H,10,11). The molecule has 0 aromatic carbocycles. The highest BCUT2D eigenvalue weighted by molar-refractivity contribution is 5.76. The van der Waals surface area contributed by atoms with E-state index in [-0.39, 0.29) is 6.42 Å². The van der Waals surface area contributed by atoms with E-state index in [1.165, 1.54) is 6.92 Å². The molecule has 0 fully saturated rings. The van der Waals surface area contributed by atoms with Crippen molar-refractivity contribution in [3.8, 4) is 0 Å². The molecule has 1 unspecified atom stereocenters. The lowest BCUT2D eigenvalue weighted by molar-refractivity contribution is -0.157. The molecule has 1 atom stereocenters. The summed E-state index contributed by atoms with van der Waals surface area (Å²) in [7, 11) is 0. The van der Waals surface area contributed by atoms with Crippen LogP contribution in [0.3, 0.4) is 0 Å². The summed E-state index contributed by atoms with van der Waals surface area (Å²) in [5.41, 5.74) is -2.47. The van der Waals surface area contributed by atoms with Gasteiger partial charge >= 0.3 is 5.97 Å². The lowest BCUT2D eigenvalue weighted by atomic mass is 9.94. The van der Waals surface area contributed by atoms with E-state index in [0.29, 0.717) is 12.8 Å². The van der Waals surface area contributed by atoms with Crippen molar-refractivity contribution in [1.82, 2.24) is 0 Å². The first kappa shape index (κ1) is 12.4. The third-order valence-electron chi connectivity index (χ3n) is 1.91. The molecule has 4 heteroatoms. The summed E-state index contributed by atoms with van der Waals surface area (Å²) in [4.78, 5) is 10.5. The van der Waals surface area contributed by atoms with Gasteiger partial charge in [-0.25, -0.2) is 4.79 Å². The topological polar surface area (TPSA) is 77.8 Å². The van der Waals surface area contributed by atoms with Gasteiger partial charge in [0.15, 0.2) is 5.60 Å². The number of aliphatic hydroxyl groups is 2. The zero-order valence-electron chi connectivity index (χ0n) is 8.37. The molecular weight excluding hydrogens is 172 g/mol. The number of rotatable bonds is 5. The number of hydrogen-bond donors (Lipinski definition) is 3. The number of hydrogen-bond acceptors (Lipinski definition) is 3. The quantitative estimate of drug-likeness (QED) is 0.598. The van der Waals surface area contributed by atoms with Crippen molar-refractivity contribution in [2.45, 2.75) is 51.2 Å². The summed E-state index contributed by atoms with van der Waals surface area (Å²) in [5, 5.41) is 27.2. The summed E-state index contributed by atoms with van der Waals surface area (Å²) in [5.74, 6) is -1.22. The minimum atomic E-state index is -1.68. The zero-order valence-corrected chi connectivity index (χ0v) is 8.37. The molecule has 0 spiro atoms. The predicted molar refractivity (Wildman–Crippen MR) is 48.4 cm³/mol. The summed E-state index contributed by atoms with van der Waals surface area (Å²) in [6.45, 7) is 4.57. The lowest BCUT2D eigenvalue weighted by Crippen LogP contribution is -2.35. The highest BCUT2D eigenvalue weighted by atomic mass is 16.4. The van der Waals surface area contributed by atoms with Crippen LogP contribution in [0.5, 0.6) is 0 Å². The Hall–Kier alpha value is -0.610. The van der Waals surface area contributed by atoms with Crippen LogP contribution in [-0.2, 0) is 4.79 Å². The van der Waals surface area contributed by atoms with Crippen LogP contribution >= 0.6 is 0 Å². The Morgan fingerprint density at radius 3 is 1.92 bits per heavy atom. The maximum Gasteiger partial charge on any atom is 0.335 e. The second kappa shape index (κ2) is 4.07. The van der Waals surface area contributed by atoms with E-state index >= 15 is 0 Å².